The van der Waals surface area contributed by atoms with Gasteiger partial charge in [-0.2, -0.15) is 0 Å². The van der Waals surface area contributed by atoms with Crippen LogP contribution in [0.5, 0.6) is 0 Å². The number of rotatable bonds is 1. The van der Waals surface area contributed by atoms with Crippen LogP contribution < -0.4 is 0 Å². The van der Waals surface area contributed by atoms with Crippen LogP contribution in [0.2, 0.25) is 0 Å². The van der Waals surface area contributed by atoms with E-state index in [0.29, 0.717) is 9.17 Å². The highest BCUT2D eigenvalue weighted by Crippen LogP contribution is 2.35. The summed E-state index contributed by atoms with van der Waals surface area (Å²) in [5, 5.41) is 9.55. The number of halogens is 2. The van der Waals surface area contributed by atoms with Crippen molar-refractivity contribution in [3.63, 3.8) is 0 Å². The number of carboxylic acid groups (broad SMARTS) is 1. The van der Waals surface area contributed by atoms with Gasteiger partial charge in [0.25, 0.3) is 0 Å². The second kappa shape index (κ2) is 3.33. The van der Waals surface area contributed by atoms with Gasteiger partial charge in [-0.15, -0.1) is 11.3 Å². The minimum atomic E-state index is -1.00. The van der Waals surface area contributed by atoms with Crippen molar-refractivity contribution in [1.82, 2.24) is 0 Å². The highest BCUT2D eigenvalue weighted by molar-refractivity contribution is 9.10. The van der Waals surface area contributed by atoms with Crippen LogP contribution in [0.25, 0.3) is 10.1 Å². The molecule has 0 bridgehead atoms. The second-order valence-corrected chi connectivity index (χ2v) is 4.54. The second-order valence-electron chi connectivity index (χ2n) is 2.69. The summed E-state index contributed by atoms with van der Waals surface area (Å²) in [6.07, 6.45) is 0. The molecule has 0 amide bonds. The third-order valence-corrected chi connectivity index (χ3v) is 4.01. The molecule has 0 atom stereocenters. The maximum atomic E-state index is 12.8. The number of hydrogen-bond acceptors (Lipinski definition) is 2. The van der Waals surface area contributed by atoms with Crippen LogP contribution in [0.4, 0.5) is 4.39 Å². The Balaban J connectivity index is 2.79. The Labute approximate surface area is 91.1 Å². The first-order chi connectivity index (χ1) is 6.59. The minimum absolute atomic E-state index is 0.200. The van der Waals surface area contributed by atoms with Gasteiger partial charge >= 0.3 is 5.97 Å². The van der Waals surface area contributed by atoms with Gasteiger partial charge < -0.3 is 5.11 Å². The number of carboxylic acids is 1. The minimum Gasteiger partial charge on any atom is -0.477 e. The van der Waals surface area contributed by atoms with Gasteiger partial charge in [0.2, 0.25) is 0 Å². The maximum Gasteiger partial charge on any atom is 0.347 e. The molecule has 14 heavy (non-hydrogen) atoms. The van der Waals surface area contributed by atoms with Crippen LogP contribution in [0, 0.1) is 5.82 Å². The average Bonchev–Trinajstić information content (AvgIpc) is 2.43. The zero-order valence-electron chi connectivity index (χ0n) is 6.75. The molecule has 0 radical (unpaired) electrons. The van der Waals surface area contributed by atoms with Gasteiger partial charge in [-0.25, -0.2) is 9.18 Å². The number of thiophene rings is 1. The summed E-state index contributed by atoms with van der Waals surface area (Å²) in [5.74, 6) is -1.36. The van der Waals surface area contributed by atoms with Crippen molar-refractivity contribution >= 4 is 43.3 Å². The number of aromatic carboxylic acids is 1. The van der Waals surface area contributed by atoms with Gasteiger partial charge in [0.1, 0.15) is 10.7 Å². The Morgan fingerprint density at radius 2 is 2.21 bits per heavy atom. The Morgan fingerprint density at radius 3 is 2.86 bits per heavy atom. The molecule has 0 saturated carbocycles. The summed E-state index contributed by atoms with van der Waals surface area (Å²) >= 11 is 4.24. The molecule has 0 saturated heterocycles. The third kappa shape index (κ3) is 1.42. The van der Waals surface area contributed by atoms with Gasteiger partial charge in [-0.05, 0) is 34.1 Å². The molecule has 2 nitrogen and oxygen atoms in total. The monoisotopic (exact) mass is 274 g/mol. The van der Waals surface area contributed by atoms with Crippen molar-refractivity contribution < 1.29 is 14.3 Å². The third-order valence-electron chi connectivity index (χ3n) is 1.79. The van der Waals surface area contributed by atoms with Gasteiger partial charge in [0.05, 0.1) is 4.47 Å². The summed E-state index contributed by atoms with van der Waals surface area (Å²) in [7, 11) is 0. The van der Waals surface area contributed by atoms with Crippen molar-refractivity contribution in [2.45, 2.75) is 0 Å². The molecule has 0 aliphatic heterocycles. The Hall–Kier alpha value is -0.940. The molecule has 1 aromatic heterocycles. The highest BCUT2D eigenvalue weighted by atomic mass is 79.9. The Morgan fingerprint density at radius 1 is 1.50 bits per heavy atom. The quantitative estimate of drug-likeness (QED) is 0.864. The van der Waals surface area contributed by atoms with E-state index in [4.69, 9.17) is 5.11 Å². The van der Waals surface area contributed by atoms with Gasteiger partial charge in [0, 0.05) is 10.1 Å². The molecule has 0 unspecified atom stereocenters. The predicted molar refractivity (Wildman–Crippen MR) is 56.4 cm³/mol. The van der Waals surface area contributed by atoms with Crippen LogP contribution in [0.15, 0.2) is 22.7 Å². The Kier molecular flexibility index (Phi) is 2.28. The standard InChI is InChI=1S/C9H4BrFO2S/c10-7-5-2-1-4(11)3-6(5)14-8(7)9(12)13/h1-3H,(H,12,13). The van der Waals surface area contributed by atoms with Gasteiger partial charge in [-0.1, -0.05) is 0 Å². The van der Waals surface area contributed by atoms with Crippen LogP contribution in [0.3, 0.4) is 0 Å². The molecular weight excluding hydrogens is 271 g/mol. The fourth-order valence-electron chi connectivity index (χ4n) is 1.18. The van der Waals surface area contributed by atoms with E-state index in [-0.39, 0.29) is 10.7 Å². The van der Waals surface area contributed by atoms with E-state index in [2.05, 4.69) is 15.9 Å². The van der Waals surface area contributed by atoms with Crippen molar-refractivity contribution in [3.05, 3.63) is 33.4 Å². The van der Waals surface area contributed by atoms with E-state index in [1.165, 1.54) is 12.1 Å². The molecule has 0 spiro atoms. The fraction of sp³-hybridized carbons (Fsp3) is 0. The maximum absolute atomic E-state index is 12.8. The smallest absolute Gasteiger partial charge is 0.347 e. The van der Waals surface area contributed by atoms with E-state index >= 15 is 0 Å². The summed E-state index contributed by atoms with van der Waals surface area (Å²) in [4.78, 5) is 11.0. The lowest BCUT2D eigenvalue weighted by Gasteiger charge is -1.89. The number of benzene rings is 1. The first kappa shape index (κ1) is 9.61. The normalized spacial score (nSPS) is 10.7. The summed E-state index contributed by atoms with van der Waals surface area (Å²) in [6.45, 7) is 0. The Bertz CT molecular complexity index is 521. The molecule has 0 fully saturated rings. The van der Waals surface area contributed by atoms with Crippen LogP contribution in [0.1, 0.15) is 9.67 Å². The summed E-state index contributed by atoms with van der Waals surface area (Å²) in [6, 6.07) is 4.21. The first-order valence-corrected chi connectivity index (χ1v) is 5.31. The lowest BCUT2D eigenvalue weighted by atomic mass is 10.2. The number of hydrogen-bond donors (Lipinski definition) is 1. The molecule has 2 rings (SSSR count). The predicted octanol–water partition coefficient (Wildman–Crippen LogP) is 3.50. The lowest BCUT2D eigenvalue weighted by Crippen LogP contribution is -1.91. The molecule has 1 N–H and O–H groups in total. The van der Waals surface area contributed by atoms with E-state index in [9.17, 15) is 9.18 Å². The highest BCUT2D eigenvalue weighted by Gasteiger charge is 2.15. The van der Waals surface area contributed by atoms with Crippen LogP contribution >= 0.6 is 27.3 Å². The molecule has 72 valence electrons. The zero-order valence-corrected chi connectivity index (χ0v) is 9.15. The summed E-state index contributed by atoms with van der Waals surface area (Å²) in [5.41, 5.74) is 0. The topological polar surface area (TPSA) is 37.3 Å². The van der Waals surface area contributed by atoms with E-state index in [0.717, 1.165) is 16.7 Å². The molecule has 0 aliphatic carbocycles. The van der Waals surface area contributed by atoms with Gasteiger partial charge in [0.15, 0.2) is 0 Å². The van der Waals surface area contributed by atoms with Crippen LogP contribution in [-0.4, -0.2) is 11.1 Å². The van der Waals surface area contributed by atoms with E-state index in [1.54, 1.807) is 6.07 Å². The molecule has 5 heteroatoms. The van der Waals surface area contributed by atoms with Crippen molar-refractivity contribution in [3.8, 4) is 0 Å². The number of fused-ring (bicyclic) bond motifs is 1. The average molecular weight is 275 g/mol. The largest absolute Gasteiger partial charge is 0.477 e. The molecule has 2 aromatic rings. The van der Waals surface area contributed by atoms with Crippen molar-refractivity contribution in [2.24, 2.45) is 0 Å². The van der Waals surface area contributed by atoms with Crippen LogP contribution in [-0.2, 0) is 0 Å². The SMILES string of the molecule is O=C(O)c1sc2cc(F)ccc2c1Br. The van der Waals surface area contributed by atoms with E-state index in [1.807, 2.05) is 0 Å². The molecule has 0 aliphatic rings. The van der Waals surface area contributed by atoms with Crippen molar-refractivity contribution in [2.75, 3.05) is 0 Å². The molecule has 1 aromatic carbocycles. The van der Waals surface area contributed by atoms with E-state index < -0.39 is 5.97 Å². The lowest BCUT2D eigenvalue weighted by molar-refractivity contribution is 0.0701. The first-order valence-electron chi connectivity index (χ1n) is 3.70. The van der Waals surface area contributed by atoms with Gasteiger partial charge in [-0.3, -0.25) is 0 Å². The van der Waals surface area contributed by atoms with Crippen molar-refractivity contribution in [1.29, 1.82) is 0 Å². The molecule has 1 heterocycles. The molecular formula is C9H4BrFO2S. The fourth-order valence-corrected chi connectivity index (χ4v) is 3.02. The zero-order chi connectivity index (χ0) is 10.3. The summed E-state index contributed by atoms with van der Waals surface area (Å²) < 4.78 is 14.0. The number of carbonyl (C=O) groups is 1.